The van der Waals surface area contributed by atoms with E-state index in [0.29, 0.717) is 24.8 Å². The molecule has 2 heterocycles. The van der Waals surface area contributed by atoms with Gasteiger partial charge < -0.3 is 9.42 Å². The van der Waals surface area contributed by atoms with Gasteiger partial charge in [-0.2, -0.15) is 4.98 Å². The number of benzene rings is 1. The molecule has 1 aromatic carbocycles. The molecule has 0 saturated carbocycles. The van der Waals surface area contributed by atoms with Crippen LogP contribution in [0.5, 0.6) is 0 Å². The average molecular weight is 243 g/mol. The van der Waals surface area contributed by atoms with Gasteiger partial charge in [-0.15, -0.1) is 0 Å². The van der Waals surface area contributed by atoms with Crippen molar-refractivity contribution in [2.45, 2.75) is 19.9 Å². The maximum atomic E-state index is 12.3. The van der Waals surface area contributed by atoms with Gasteiger partial charge in [0.25, 0.3) is 5.91 Å². The highest BCUT2D eigenvalue weighted by atomic mass is 16.5. The first kappa shape index (κ1) is 11.0. The van der Waals surface area contributed by atoms with E-state index in [-0.39, 0.29) is 5.91 Å². The van der Waals surface area contributed by atoms with Gasteiger partial charge in [-0.3, -0.25) is 4.79 Å². The van der Waals surface area contributed by atoms with Crippen LogP contribution in [-0.4, -0.2) is 27.5 Å². The molecule has 1 aliphatic heterocycles. The highest BCUT2D eigenvalue weighted by molar-refractivity contribution is 5.96. The Morgan fingerprint density at radius 1 is 1.39 bits per heavy atom. The summed E-state index contributed by atoms with van der Waals surface area (Å²) in [5.41, 5.74) is 1.90. The number of hydrogen-bond acceptors (Lipinski definition) is 4. The summed E-state index contributed by atoms with van der Waals surface area (Å²) in [6.07, 6.45) is 0.874. The van der Waals surface area contributed by atoms with Crippen LogP contribution in [0.25, 0.3) is 0 Å². The van der Waals surface area contributed by atoms with E-state index in [0.717, 1.165) is 17.5 Å². The van der Waals surface area contributed by atoms with Crippen molar-refractivity contribution >= 4 is 5.91 Å². The third kappa shape index (κ3) is 1.88. The van der Waals surface area contributed by atoms with Crippen molar-refractivity contribution in [3.63, 3.8) is 0 Å². The van der Waals surface area contributed by atoms with Gasteiger partial charge in [0.15, 0.2) is 5.82 Å². The predicted molar refractivity (Wildman–Crippen MR) is 63.9 cm³/mol. The van der Waals surface area contributed by atoms with Gasteiger partial charge in [0.2, 0.25) is 5.89 Å². The van der Waals surface area contributed by atoms with Gasteiger partial charge >= 0.3 is 0 Å². The van der Waals surface area contributed by atoms with Crippen molar-refractivity contribution in [2.24, 2.45) is 0 Å². The Morgan fingerprint density at radius 2 is 2.22 bits per heavy atom. The lowest BCUT2D eigenvalue weighted by molar-refractivity contribution is 0.0721. The van der Waals surface area contributed by atoms with Gasteiger partial charge in [0.05, 0.1) is 6.54 Å². The summed E-state index contributed by atoms with van der Waals surface area (Å²) in [6, 6.07) is 7.72. The van der Waals surface area contributed by atoms with E-state index in [1.54, 1.807) is 11.8 Å². The number of aromatic nitrogens is 2. The molecule has 5 nitrogen and oxygen atoms in total. The predicted octanol–water partition coefficient (Wildman–Crippen LogP) is 1.58. The van der Waals surface area contributed by atoms with Gasteiger partial charge in [-0.25, -0.2) is 0 Å². The van der Waals surface area contributed by atoms with Gasteiger partial charge in [-0.1, -0.05) is 23.4 Å². The second-order valence-corrected chi connectivity index (χ2v) is 4.36. The minimum absolute atomic E-state index is 0.0410. The minimum atomic E-state index is 0.0410. The van der Waals surface area contributed by atoms with Crippen molar-refractivity contribution < 1.29 is 9.32 Å². The fourth-order valence-electron chi connectivity index (χ4n) is 2.20. The number of amides is 1. The molecule has 3 rings (SSSR count). The van der Waals surface area contributed by atoms with E-state index < -0.39 is 0 Å². The van der Waals surface area contributed by atoms with Crippen molar-refractivity contribution in [3.05, 3.63) is 47.1 Å². The number of aryl methyl sites for hydroxylation is 1. The van der Waals surface area contributed by atoms with Crippen LogP contribution >= 0.6 is 0 Å². The monoisotopic (exact) mass is 243 g/mol. The van der Waals surface area contributed by atoms with E-state index in [4.69, 9.17) is 4.52 Å². The van der Waals surface area contributed by atoms with E-state index in [2.05, 4.69) is 10.1 Å². The summed E-state index contributed by atoms with van der Waals surface area (Å²) in [5, 5.41) is 3.82. The molecule has 1 amide bonds. The average Bonchev–Trinajstić information content (AvgIpc) is 2.79. The molecule has 92 valence electrons. The Morgan fingerprint density at radius 3 is 3.00 bits per heavy atom. The number of carbonyl (C=O) groups is 1. The zero-order valence-corrected chi connectivity index (χ0v) is 10.1. The first-order valence-corrected chi connectivity index (χ1v) is 5.90. The van der Waals surface area contributed by atoms with Crippen molar-refractivity contribution in [2.75, 3.05) is 6.54 Å². The van der Waals surface area contributed by atoms with Crippen molar-refractivity contribution in [3.8, 4) is 0 Å². The summed E-state index contributed by atoms with van der Waals surface area (Å²) in [7, 11) is 0. The molecule has 0 spiro atoms. The molecule has 0 saturated heterocycles. The SMILES string of the molecule is Cc1nc(CN2CCc3ccccc3C2=O)no1. The van der Waals surface area contributed by atoms with Crippen LogP contribution in [0.4, 0.5) is 0 Å². The third-order valence-corrected chi connectivity index (χ3v) is 3.09. The molecule has 0 radical (unpaired) electrons. The Balaban J connectivity index is 1.82. The fourth-order valence-corrected chi connectivity index (χ4v) is 2.20. The topological polar surface area (TPSA) is 59.2 Å². The number of nitrogens with zero attached hydrogens (tertiary/aromatic N) is 3. The van der Waals surface area contributed by atoms with Crippen LogP contribution in [0, 0.1) is 6.92 Å². The molecular formula is C13H13N3O2. The lowest BCUT2D eigenvalue weighted by Crippen LogP contribution is -2.37. The summed E-state index contributed by atoms with van der Waals surface area (Å²) in [6.45, 7) is 2.85. The number of hydrogen-bond donors (Lipinski definition) is 0. The largest absolute Gasteiger partial charge is 0.340 e. The van der Waals surface area contributed by atoms with E-state index in [9.17, 15) is 4.79 Å². The first-order valence-electron chi connectivity index (χ1n) is 5.90. The van der Waals surface area contributed by atoms with Crippen molar-refractivity contribution in [1.29, 1.82) is 0 Å². The molecule has 0 fully saturated rings. The Labute approximate surface area is 104 Å². The highest BCUT2D eigenvalue weighted by Crippen LogP contribution is 2.19. The molecule has 0 unspecified atom stereocenters. The smallest absolute Gasteiger partial charge is 0.254 e. The van der Waals surface area contributed by atoms with Gasteiger partial charge in [0.1, 0.15) is 0 Å². The van der Waals surface area contributed by atoms with Gasteiger partial charge in [-0.05, 0) is 18.1 Å². The molecule has 2 aromatic rings. The summed E-state index contributed by atoms with van der Waals surface area (Å²) < 4.78 is 4.91. The van der Waals surface area contributed by atoms with Crippen LogP contribution in [0.1, 0.15) is 27.6 Å². The Bertz CT molecular complexity index is 591. The zero-order valence-electron chi connectivity index (χ0n) is 10.1. The highest BCUT2D eigenvalue weighted by Gasteiger charge is 2.24. The summed E-state index contributed by atoms with van der Waals surface area (Å²) in [4.78, 5) is 18.1. The maximum Gasteiger partial charge on any atom is 0.254 e. The van der Waals surface area contributed by atoms with Crippen LogP contribution < -0.4 is 0 Å². The van der Waals surface area contributed by atoms with Gasteiger partial charge in [0, 0.05) is 19.0 Å². The van der Waals surface area contributed by atoms with E-state index in [1.165, 1.54) is 0 Å². The minimum Gasteiger partial charge on any atom is -0.340 e. The molecule has 0 bridgehead atoms. The normalized spacial score (nSPS) is 14.7. The molecular weight excluding hydrogens is 230 g/mol. The number of fused-ring (bicyclic) bond motifs is 1. The standard InChI is InChI=1S/C13H13N3O2/c1-9-14-12(15-18-9)8-16-7-6-10-4-2-3-5-11(10)13(16)17/h2-5H,6-8H2,1H3. The lowest BCUT2D eigenvalue weighted by atomic mass is 9.99. The second-order valence-electron chi connectivity index (χ2n) is 4.36. The fraction of sp³-hybridized carbons (Fsp3) is 0.308. The van der Waals surface area contributed by atoms with Crippen LogP contribution in [-0.2, 0) is 13.0 Å². The summed E-state index contributed by atoms with van der Waals surface area (Å²) in [5.74, 6) is 1.12. The lowest BCUT2D eigenvalue weighted by Gasteiger charge is -2.27. The molecule has 5 heteroatoms. The third-order valence-electron chi connectivity index (χ3n) is 3.09. The molecule has 0 atom stereocenters. The van der Waals surface area contributed by atoms with E-state index in [1.807, 2.05) is 24.3 Å². The summed E-state index contributed by atoms with van der Waals surface area (Å²) >= 11 is 0. The van der Waals surface area contributed by atoms with Crippen LogP contribution in [0.2, 0.25) is 0 Å². The Kier molecular flexibility index (Phi) is 2.59. The molecule has 1 aromatic heterocycles. The second kappa shape index (κ2) is 4.25. The van der Waals surface area contributed by atoms with Crippen LogP contribution in [0.3, 0.4) is 0 Å². The number of rotatable bonds is 2. The molecule has 0 N–H and O–H groups in total. The molecule has 18 heavy (non-hydrogen) atoms. The van der Waals surface area contributed by atoms with E-state index >= 15 is 0 Å². The van der Waals surface area contributed by atoms with Crippen molar-refractivity contribution in [1.82, 2.24) is 15.0 Å². The maximum absolute atomic E-state index is 12.3. The number of carbonyl (C=O) groups excluding carboxylic acids is 1. The quantitative estimate of drug-likeness (QED) is 0.803. The molecule has 1 aliphatic rings. The molecule has 0 aliphatic carbocycles. The Hall–Kier alpha value is -2.17. The van der Waals surface area contributed by atoms with Crippen LogP contribution in [0.15, 0.2) is 28.8 Å². The zero-order chi connectivity index (χ0) is 12.5. The first-order chi connectivity index (χ1) is 8.74.